The molecule has 0 aromatic heterocycles. The molecule has 2 aromatic carbocycles. The molecule has 1 N–H and O–H groups in total. The molecule has 0 saturated carbocycles. The number of carbonyl (C=O) groups is 3. The molecule has 27 heavy (non-hydrogen) atoms. The molecule has 1 heterocycles. The number of rotatable bonds is 4. The highest BCUT2D eigenvalue weighted by Crippen LogP contribution is 2.33. The van der Waals surface area contributed by atoms with Crippen LogP contribution in [0, 0.1) is 6.92 Å². The zero-order chi connectivity index (χ0) is 19.6. The maximum absolute atomic E-state index is 12.6. The van der Waals surface area contributed by atoms with Gasteiger partial charge in [-0.05, 0) is 43.7 Å². The van der Waals surface area contributed by atoms with Gasteiger partial charge in [0.05, 0.1) is 18.4 Å². The zero-order valence-corrected chi connectivity index (χ0v) is 15.3. The maximum Gasteiger partial charge on any atom is 0.338 e. The second-order valence-corrected chi connectivity index (χ2v) is 6.17. The van der Waals surface area contributed by atoms with E-state index in [0.717, 1.165) is 0 Å². The van der Waals surface area contributed by atoms with E-state index in [1.807, 2.05) is 0 Å². The van der Waals surface area contributed by atoms with Crippen LogP contribution in [0.5, 0.6) is 5.75 Å². The second kappa shape index (κ2) is 7.49. The number of benzene rings is 2. The summed E-state index contributed by atoms with van der Waals surface area (Å²) < 4.78 is 10.3. The third-order valence-electron chi connectivity index (χ3n) is 4.39. The first-order valence-corrected chi connectivity index (χ1v) is 8.47. The normalized spacial score (nSPS) is 15.6. The molecule has 0 bridgehead atoms. The number of para-hydroxylation sites is 2. The van der Waals surface area contributed by atoms with Gasteiger partial charge in [-0.15, -0.1) is 0 Å². The Morgan fingerprint density at radius 1 is 1.19 bits per heavy atom. The number of carbonyl (C=O) groups excluding carboxylic acids is 3. The number of amides is 2. The average Bonchev–Trinajstić information content (AvgIpc) is 2.66. The van der Waals surface area contributed by atoms with Gasteiger partial charge < -0.3 is 14.8 Å². The predicted octanol–water partition coefficient (Wildman–Crippen LogP) is 2.53. The summed E-state index contributed by atoms with van der Waals surface area (Å²) in [6, 6.07) is 12.0. The molecule has 0 fully saturated rings. The van der Waals surface area contributed by atoms with Gasteiger partial charge in [0, 0.05) is 5.69 Å². The highest BCUT2D eigenvalue weighted by atomic mass is 16.5. The number of methoxy groups -OCH3 is 1. The number of hydrogen-bond donors (Lipinski definition) is 1. The summed E-state index contributed by atoms with van der Waals surface area (Å²) in [5, 5.41) is 2.76. The Morgan fingerprint density at radius 2 is 1.93 bits per heavy atom. The van der Waals surface area contributed by atoms with E-state index in [1.54, 1.807) is 56.3 Å². The van der Waals surface area contributed by atoms with Crippen LogP contribution in [0.2, 0.25) is 0 Å². The van der Waals surface area contributed by atoms with E-state index in [2.05, 4.69) is 5.32 Å². The van der Waals surface area contributed by atoms with Crippen molar-refractivity contribution in [1.82, 2.24) is 0 Å². The van der Waals surface area contributed by atoms with Crippen LogP contribution in [-0.2, 0) is 14.3 Å². The molecular weight excluding hydrogens is 348 g/mol. The monoisotopic (exact) mass is 368 g/mol. The van der Waals surface area contributed by atoms with Crippen LogP contribution in [0.1, 0.15) is 22.8 Å². The third kappa shape index (κ3) is 3.62. The molecule has 1 atom stereocenters. The van der Waals surface area contributed by atoms with Crippen molar-refractivity contribution in [3.8, 4) is 5.75 Å². The molecule has 0 saturated heterocycles. The minimum Gasteiger partial charge on any atom is -0.479 e. The highest BCUT2D eigenvalue weighted by Gasteiger charge is 2.32. The van der Waals surface area contributed by atoms with Gasteiger partial charge in [0.1, 0.15) is 12.3 Å². The van der Waals surface area contributed by atoms with E-state index in [-0.39, 0.29) is 18.4 Å². The Kier molecular flexibility index (Phi) is 5.12. The molecule has 0 aliphatic carbocycles. The molecule has 2 aromatic rings. The van der Waals surface area contributed by atoms with Crippen LogP contribution in [0.4, 0.5) is 11.4 Å². The summed E-state index contributed by atoms with van der Waals surface area (Å²) in [5.41, 5.74) is 2.01. The van der Waals surface area contributed by atoms with Crippen molar-refractivity contribution in [3.05, 3.63) is 53.6 Å². The van der Waals surface area contributed by atoms with Crippen molar-refractivity contribution in [2.75, 3.05) is 23.9 Å². The number of ether oxygens (including phenoxy) is 2. The lowest BCUT2D eigenvalue weighted by Gasteiger charge is -2.32. The van der Waals surface area contributed by atoms with Crippen molar-refractivity contribution in [3.63, 3.8) is 0 Å². The lowest BCUT2D eigenvalue weighted by molar-refractivity contribution is -0.127. The largest absolute Gasteiger partial charge is 0.479 e. The van der Waals surface area contributed by atoms with Crippen molar-refractivity contribution in [2.45, 2.75) is 20.0 Å². The molecule has 7 nitrogen and oxygen atoms in total. The number of hydrogen-bond acceptors (Lipinski definition) is 5. The van der Waals surface area contributed by atoms with Gasteiger partial charge in [-0.2, -0.15) is 0 Å². The molecule has 1 aliphatic rings. The van der Waals surface area contributed by atoms with Crippen LogP contribution in [-0.4, -0.2) is 37.5 Å². The molecule has 0 radical (unpaired) electrons. The lowest BCUT2D eigenvalue weighted by atomic mass is 10.1. The van der Waals surface area contributed by atoms with Gasteiger partial charge in [-0.3, -0.25) is 14.5 Å². The van der Waals surface area contributed by atoms with Crippen LogP contribution in [0.25, 0.3) is 0 Å². The van der Waals surface area contributed by atoms with Gasteiger partial charge in [-0.1, -0.05) is 18.2 Å². The quantitative estimate of drug-likeness (QED) is 0.839. The SMILES string of the molecule is COC(=O)c1cccc(NC(=O)CN2C(=O)[C@H](C)Oc3ccccc32)c1C. The van der Waals surface area contributed by atoms with Crippen molar-refractivity contribution >= 4 is 29.2 Å². The fourth-order valence-corrected chi connectivity index (χ4v) is 2.96. The number of esters is 1. The van der Waals surface area contributed by atoms with Gasteiger partial charge in [0.15, 0.2) is 6.10 Å². The summed E-state index contributed by atoms with van der Waals surface area (Å²) in [6.07, 6.45) is -0.669. The predicted molar refractivity (Wildman–Crippen MR) is 100 cm³/mol. The highest BCUT2D eigenvalue weighted by molar-refractivity contribution is 6.06. The molecular formula is C20H20N2O5. The van der Waals surface area contributed by atoms with Crippen LogP contribution in [0.15, 0.2) is 42.5 Å². The van der Waals surface area contributed by atoms with Crippen LogP contribution >= 0.6 is 0 Å². The summed E-state index contributed by atoms with van der Waals surface area (Å²) in [7, 11) is 1.30. The van der Waals surface area contributed by atoms with Gasteiger partial charge in [-0.25, -0.2) is 4.79 Å². The topological polar surface area (TPSA) is 84.9 Å². The molecule has 3 rings (SSSR count). The molecule has 0 unspecified atom stereocenters. The van der Waals surface area contributed by atoms with Crippen molar-refractivity contribution < 1.29 is 23.9 Å². The minimum atomic E-state index is -0.669. The van der Waals surface area contributed by atoms with Crippen LogP contribution in [0.3, 0.4) is 0 Å². The van der Waals surface area contributed by atoms with E-state index >= 15 is 0 Å². The first-order chi connectivity index (χ1) is 12.9. The number of nitrogens with one attached hydrogen (secondary N) is 1. The summed E-state index contributed by atoms with van der Waals surface area (Å²) in [4.78, 5) is 38.3. The summed E-state index contributed by atoms with van der Waals surface area (Å²) >= 11 is 0. The van der Waals surface area contributed by atoms with Gasteiger partial charge >= 0.3 is 5.97 Å². The molecule has 2 amide bonds. The Hall–Kier alpha value is -3.35. The Labute approximate surface area is 156 Å². The second-order valence-electron chi connectivity index (χ2n) is 6.17. The van der Waals surface area contributed by atoms with E-state index < -0.39 is 12.1 Å². The standard InChI is InChI=1S/C20H20N2O5/c1-12-14(20(25)26-3)7-6-8-15(12)21-18(23)11-22-16-9-4-5-10-17(16)27-13(2)19(22)24/h4-10,13H,11H2,1-3H3,(H,21,23)/t13-/m0/s1. The maximum atomic E-state index is 12.6. The smallest absolute Gasteiger partial charge is 0.338 e. The average molecular weight is 368 g/mol. The van der Waals surface area contributed by atoms with Crippen LogP contribution < -0.4 is 15.0 Å². The van der Waals surface area contributed by atoms with Gasteiger partial charge in [0.25, 0.3) is 5.91 Å². The number of fused-ring (bicyclic) bond motifs is 1. The zero-order valence-electron chi connectivity index (χ0n) is 15.3. The minimum absolute atomic E-state index is 0.161. The van der Waals surface area contributed by atoms with E-state index in [9.17, 15) is 14.4 Å². The summed E-state index contributed by atoms with van der Waals surface area (Å²) in [5.74, 6) is -0.586. The van der Waals surface area contributed by atoms with Crippen molar-refractivity contribution in [2.24, 2.45) is 0 Å². The summed E-state index contributed by atoms with van der Waals surface area (Å²) in [6.45, 7) is 3.21. The molecule has 1 aliphatic heterocycles. The Bertz CT molecular complexity index is 909. The first-order valence-electron chi connectivity index (χ1n) is 8.47. The molecule has 0 spiro atoms. The fraction of sp³-hybridized carbons (Fsp3) is 0.250. The lowest BCUT2D eigenvalue weighted by Crippen LogP contribution is -2.47. The van der Waals surface area contributed by atoms with E-state index in [0.29, 0.717) is 28.3 Å². The first kappa shape index (κ1) is 18.4. The van der Waals surface area contributed by atoms with Crippen molar-refractivity contribution in [1.29, 1.82) is 0 Å². The van der Waals surface area contributed by atoms with Gasteiger partial charge in [0.2, 0.25) is 5.91 Å². The molecule has 140 valence electrons. The fourth-order valence-electron chi connectivity index (χ4n) is 2.96. The Morgan fingerprint density at radius 3 is 2.67 bits per heavy atom. The number of nitrogens with zero attached hydrogens (tertiary/aromatic N) is 1. The Balaban J connectivity index is 1.81. The molecule has 7 heteroatoms. The van der Waals surface area contributed by atoms with E-state index in [1.165, 1.54) is 12.0 Å². The van der Waals surface area contributed by atoms with E-state index in [4.69, 9.17) is 9.47 Å². The number of anilines is 2. The third-order valence-corrected chi connectivity index (χ3v) is 4.39.